The van der Waals surface area contributed by atoms with Gasteiger partial charge in [-0.2, -0.15) is 0 Å². The third-order valence-corrected chi connectivity index (χ3v) is 3.41. The standard InChI is InChI=1S/C15H24BrNO2/c1-15(2,3)6-8-19-14-12(16)9-11(5-7-17)10-13(14)18-4/h9-10H,5-8,17H2,1-4H3. The zero-order chi connectivity index (χ0) is 14.5. The predicted octanol–water partition coefficient (Wildman–Crippen LogP) is 3.77. The molecule has 0 spiro atoms. The largest absolute Gasteiger partial charge is 0.493 e. The van der Waals surface area contributed by atoms with Crippen molar-refractivity contribution in [1.29, 1.82) is 0 Å². The lowest BCUT2D eigenvalue weighted by molar-refractivity contribution is 0.233. The van der Waals surface area contributed by atoms with E-state index in [2.05, 4.69) is 36.7 Å². The lowest BCUT2D eigenvalue weighted by Gasteiger charge is -2.20. The van der Waals surface area contributed by atoms with E-state index in [1.165, 1.54) is 0 Å². The van der Waals surface area contributed by atoms with Crippen molar-refractivity contribution in [1.82, 2.24) is 0 Å². The van der Waals surface area contributed by atoms with Crippen LogP contribution in [-0.2, 0) is 6.42 Å². The van der Waals surface area contributed by atoms with E-state index in [9.17, 15) is 0 Å². The first-order chi connectivity index (χ1) is 8.87. The predicted molar refractivity (Wildman–Crippen MR) is 83.0 cm³/mol. The van der Waals surface area contributed by atoms with Crippen molar-refractivity contribution in [2.24, 2.45) is 11.1 Å². The molecule has 0 radical (unpaired) electrons. The maximum absolute atomic E-state index is 5.86. The van der Waals surface area contributed by atoms with Crippen molar-refractivity contribution in [3.8, 4) is 11.5 Å². The molecule has 0 saturated carbocycles. The summed E-state index contributed by atoms with van der Waals surface area (Å²) >= 11 is 3.54. The van der Waals surface area contributed by atoms with Crippen LogP contribution in [0, 0.1) is 5.41 Å². The molecular weight excluding hydrogens is 306 g/mol. The second kappa shape index (κ2) is 7.15. The number of halogens is 1. The van der Waals surface area contributed by atoms with Crippen LogP contribution in [0.4, 0.5) is 0 Å². The normalized spacial score (nSPS) is 11.5. The first-order valence-electron chi connectivity index (χ1n) is 6.56. The molecule has 0 aromatic heterocycles. The quantitative estimate of drug-likeness (QED) is 0.863. The van der Waals surface area contributed by atoms with E-state index in [1.54, 1.807) is 7.11 Å². The van der Waals surface area contributed by atoms with E-state index in [0.717, 1.165) is 34.4 Å². The molecule has 0 saturated heterocycles. The lowest BCUT2D eigenvalue weighted by Crippen LogP contribution is -2.12. The second-order valence-corrected chi connectivity index (χ2v) is 6.66. The van der Waals surface area contributed by atoms with Crippen LogP contribution in [0.3, 0.4) is 0 Å². The minimum absolute atomic E-state index is 0.263. The monoisotopic (exact) mass is 329 g/mol. The fraction of sp³-hybridized carbons (Fsp3) is 0.600. The number of ether oxygens (including phenoxy) is 2. The average Bonchev–Trinajstić information content (AvgIpc) is 2.30. The van der Waals surface area contributed by atoms with Gasteiger partial charge in [0.2, 0.25) is 0 Å². The summed E-state index contributed by atoms with van der Waals surface area (Å²) < 4.78 is 12.2. The number of methoxy groups -OCH3 is 1. The van der Waals surface area contributed by atoms with E-state index in [0.29, 0.717) is 13.2 Å². The fourth-order valence-corrected chi connectivity index (χ4v) is 2.29. The highest BCUT2D eigenvalue weighted by molar-refractivity contribution is 9.10. The lowest BCUT2D eigenvalue weighted by atomic mass is 9.93. The Morgan fingerprint density at radius 3 is 2.47 bits per heavy atom. The van der Waals surface area contributed by atoms with Gasteiger partial charge in [0.05, 0.1) is 18.2 Å². The van der Waals surface area contributed by atoms with E-state index in [4.69, 9.17) is 15.2 Å². The summed E-state index contributed by atoms with van der Waals surface area (Å²) in [5, 5.41) is 0. The maximum Gasteiger partial charge on any atom is 0.175 e. The van der Waals surface area contributed by atoms with Crippen molar-refractivity contribution in [3.63, 3.8) is 0 Å². The third kappa shape index (κ3) is 5.41. The second-order valence-electron chi connectivity index (χ2n) is 5.81. The number of benzene rings is 1. The van der Waals surface area contributed by atoms with E-state index >= 15 is 0 Å². The van der Waals surface area contributed by atoms with E-state index in [-0.39, 0.29) is 5.41 Å². The van der Waals surface area contributed by atoms with Crippen molar-refractivity contribution in [3.05, 3.63) is 22.2 Å². The molecule has 0 fully saturated rings. The molecule has 19 heavy (non-hydrogen) atoms. The minimum Gasteiger partial charge on any atom is -0.493 e. The molecule has 0 unspecified atom stereocenters. The SMILES string of the molecule is COc1cc(CCN)cc(Br)c1OCCC(C)(C)C. The molecule has 1 rings (SSSR count). The van der Waals surface area contributed by atoms with Gasteiger partial charge in [0.1, 0.15) is 0 Å². The summed E-state index contributed by atoms with van der Waals surface area (Å²) in [6, 6.07) is 4.03. The molecule has 1 aromatic carbocycles. The summed E-state index contributed by atoms with van der Waals surface area (Å²) in [5.41, 5.74) is 6.99. The van der Waals surface area contributed by atoms with Crippen LogP contribution in [0.2, 0.25) is 0 Å². The molecule has 1 aromatic rings. The summed E-state index contributed by atoms with van der Waals surface area (Å²) in [6.45, 7) is 7.90. The Labute approximate surface area is 124 Å². The van der Waals surface area contributed by atoms with Gasteiger partial charge in [-0.1, -0.05) is 20.8 Å². The highest BCUT2D eigenvalue weighted by Gasteiger charge is 2.14. The topological polar surface area (TPSA) is 44.5 Å². The first kappa shape index (κ1) is 16.3. The average molecular weight is 330 g/mol. The highest BCUT2D eigenvalue weighted by Crippen LogP contribution is 2.37. The van der Waals surface area contributed by atoms with Crippen molar-refractivity contribution >= 4 is 15.9 Å². The van der Waals surface area contributed by atoms with Gasteiger partial charge in [0, 0.05) is 0 Å². The maximum atomic E-state index is 5.86. The Kier molecular flexibility index (Phi) is 6.14. The van der Waals surface area contributed by atoms with Crippen LogP contribution in [-0.4, -0.2) is 20.3 Å². The molecule has 2 N–H and O–H groups in total. The molecule has 0 aliphatic carbocycles. The molecule has 3 nitrogen and oxygen atoms in total. The van der Waals surface area contributed by atoms with Gasteiger partial charge in [0.25, 0.3) is 0 Å². The smallest absolute Gasteiger partial charge is 0.175 e. The number of nitrogens with two attached hydrogens (primary N) is 1. The molecule has 0 aliphatic rings. The molecule has 4 heteroatoms. The fourth-order valence-electron chi connectivity index (χ4n) is 1.68. The van der Waals surface area contributed by atoms with Crippen LogP contribution in [0.25, 0.3) is 0 Å². The Hall–Kier alpha value is -0.740. The molecule has 0 atom stereocenters. The summed E-state index contributed by atoms with van der Waals surface area (Å²) in [4.78, 5) is 0. The Balaban J connectivity index is 2.82. The Morgan fingerprint density at radius 1 is 1.26 bits per heavy atom. The molecule has 108 valence electrons. The van der Waals surface area contributed by atoms with Crippen LogP contribution < -0.4 is 15.2 Å². The van der Waals surface area contributed by atoms with Crippen molar-refractivity contribution in [2.45, 2.75) is 33.6 Å². The summed E-state index contributed by atoms with van der Waals surface area (Å²) in [7, 11) is 1.66. The van der Waals surface area contributed by atoms with Crippen molar-refractivity contribution in [2.75, 3.05) is 20.3 Å². The van der Waals surface area contributed by atoms with E-state index in [1.807, 2.05) is 12.1 Å². The van der Waals surface area contributed by atoms with Crippen LogP contribution in [0.5, 0.6) is 11.5 Å². The molecule has 0 amide bonds. The Bertz CT molecular complexity index is 413. The van der Waals surface area contributed by atoms with Gasteiger partial charge < -0.3 is 15.2 Å². The number of rotatable bonds is 6. The minimum atomic E-state index is 0.263. The zero-order valence-corrected chi connectivity index (χ0v) is 13.8. The van der Waals surface area contributed by atoms with Gasteiger partial charge in [-0.3, -0.25) is 0 Å². The molecule has 0 aliphatic heterocycles. The van der Waals surface area contributed by atoms with Gasteiger partial charge in [-0.25, -0.2) is 0 Å². The summed E-state index contributed by atoms with van der Waals surface area (Å²) in [5.74, 6) is 1.53. The molecular formula is C15H24BrNO2. The number of hydrogen-bond donors (Lipinski definition) is 1. The van der Waals surface area contributed by atoms with Gasteiger partial charge in [0.15, 0.2) is 11.5 Å². The highest BCUT2D eigenvalue weighted by atomic mass is 79.9. The first-order valence-corrected chi connectivity index (χ1v) is 7.36. The van der Waals surface area contributed by atoms with E-state index < -0.39 is 0 Å². The van der Waals surface area contributed by atoms with Crippen molar-refractivity contribution < 1.29 is 9.47 Å². The van der Waals surface area contributed by atoms with Crippen LogP contribution in [0.1, 0.15) is 32.8 Å². The van der Waals surface area contributed by atoms with Gasteiger partial charge in [-0.15, -0.1) is 0 Å². The molecule has 0 bridgehead atoms. The number of hydrogen-bond acceptors (Lipinski definition) is 3. The van der Waals surface area contributed by atoms with Crippen LogP contribution in [0.15, 0.2) is 16.6 Å². The van der Waals surface area contributed by atoms with Gasteiger partial charge >= 0.3 is 0 Å². The molecule has 0 heterocycles. The zero-order valence-electron chi connectivity index (χ0n) is 12.3. The Morgan fingerprint density at radius 2 is 1.95 bits per heavy atom. The van der Waals surface area contributed by atoms with Gasteiger partial charge in [-0.05, 0) is 58.4 Å². The summed E-state index contributed by atoms with van der Waals surface area (Å²) in [6.07, 6.45) is 1.82. The third-order valence-electron chi connectivity index (χ3n) is 2.82. The van der Waals surface area contributed by atoms with Crippen LogP contribution >= 0.6 is 15.9 Å².